The SMILES string of the molecule is Nc1c(Cl)cc(NC(=O)/C=C/c2cccc3cccnc23)cc1Cl. The lowest BCUT2D eigenvalue weighted by Gasteiger charge is -2.07. The molecule has 3 aromatic rings. The lowest BCUT2D eigenvalue weighted by atomic mass is 10.1. The Kier molecular flexibility index (Phi) is 4.69. The zero-order valence-corrected chi connectivity index (χ0v) is 14.0. The summed E-state index contributed by atoms with van der Waals surface area (Å²) in [6, 6.07) is 12.7. The number of carbonyl (C=O) groups is 1. The Labute approximate surface area is 148 Å². The molecule has 24 heavy (non-hydrogen) atoms. The molecule has 0 unspecified atom stereocenters. The van der Waals surface area contributed by atoms with Crippen LogP contribution in [0.4, 0.5) is 11.4 Å². The van der Waals surface area contributed by atoms with Gasteiger partial charge < -0.3 is 11.1 Å². The van der Waals surface area contributed by atoms with E-state index in [4.69, 9.17) is 28.9 Å². The van der Waals surface area contributed by atoms with Crippen molar-refractivity contribution in [1.29, 1.82) is 0 Å². The molecule has 0 aliphatic rings. The molecule has 3 N–H and O–H groups in total. The summed E-state index contributed by atoms with van der Waals surface area (Å²) in [5.74, 6) is -0.306. The van der Waals surface area contributed by atoms with Gasteiger partial charge in [-0.2, -0.15) is 0 Å². The van der Waals surface area contributed by atoms with E-state index < -0.39 is 0 Å². The summed E-state index contributed by atoms with van der Waals surface area (Å²) >= 11 is 11.9. The van der Waals surface area contributed by atoms with Crippen molar-refractivity contribution in [3.8, 4) is 0 Å². The first-order valence-corrected chi connectivity index (χ1v) is 7.87. The molecule has 3 rings (SSSR count). The number of aromatic nitrogens is 1. The third-order valence-electron chi connectivity index (χ3n) is 3.42. The first-order valence-electron chi connectivity index (χ1n) is 7.12. The van der Waals surface area contributed by atoms with E-state index in [1.165, 1.54) is 6.08 Å². The van der Waals surface area contributed by atoms with E-state index in [-0.39, 0.29) is 11.6 Å². The van der Waals surface area contributed by atoms with Crippen molar-refractivity contribution in [1.82, 2.24) is 4.98 Å². The van der Waals surface area contributed by atoms with Crippen LogP contribution in [-0.4, -0.2) is 10.9 Å². The summed E-state index contributed by atoms with van der Waals surface area (Å²) in [7, 11) is 0. The fourth-order valence-corrected chi connectivity index (χ4v) is 2.76. The quantitative estimate of drug-likeness (QED) is 0.523. The number of hydrogen-bond acceptors (Lipinski definition) is 3. The minimum Gasteiger partial charge on any atom is -0.396 e. The van der Waals surface area contributed by atoms with Gasteiger partial charge in [0, 0.05) is 28.9 Å². The standard InChI is InChI=1S/C18H13Cl2N3O/c19-14-9-13(10-15(20)17(14)21)23-16(24)7-6-12-4-1-3-11-5-2-8-22-18(11)12/h1-10H,21H2,(H,23,24)/b7-6+. The van der Waals surface area contributed by atoms with Gasteiger partial charge in [-0.25, -0.2) is 0 Å². The molecule has 0 bridgehead atoms. The molecule has 4 nitrogen and oxygen atoms in total. The Hall–Kier alpha value is -2.56. The van der Waals surface area contributed by atoms with Crippen molar-refractivity contribution in [3.05, 3.63) is 70.3 Å². The number of pyridine rings is 1. The number of benzene rings is 2. The number of fused-ring (bicyclic) bond motifs is 1. The highest BCUT2D eigenvalue weighted by molar-refractivity contribution is 6.39. The van der Waals surface area contributed by atoms with E-state index in [1.807, 2.05) is 30.3 Å². The number of hydrogen-bond donors (Lipinski definition) is 2. The summed E-state index contributed by atoms with van der Waals surface area (Å²) in [5.41, 5.74) is 8.13. The highest BCUT2D eigenvalue weighted by atomic mass is 35.5. The smallest absolute Gasteiger partial charge is 0.248 e. The highest BCUT2D eigenvalue weighted by Crippen LogP contribution is 2.31. The Morgan fingerprint density at radius 3 is 2.58 bits per heavy atom. The molecule has 1 aromatic heterocycles. The van der Waals surface area contributed by atoms with Crippen molar-refractivity contribution in [2.45, 2.75) is 0 Å². The van der Waals surface area contributed by atoms with Gasteiger partial charge in [-0.15, -0.1) is 0 Å². The summed E-state index contributed by atoms with van der Waals surface area (Å²) in [6.07, 6.45) is 4.87. The molecule has 0 atom stereocenters. The van der Waals surface area contributed by atoms with Gasteiger partial charge >= 0.3 is 0 Å². The van der Waals surface area contributed by atoms with Gasteiger partial charge in [0.2, 0.25) is 5.91 Å². The van der Waals surface area contributed by atoms with Crippen molar-refractivity contribution in [2.24, 2.45) is 0 Å². The fraction of sp³-hybridized carbons (Fsp3) is 0. The number of nitrogens with zero attached hydrogens (tertiary/aromatic N) is 1. The number of nitrogen functional groups attached to an aromatic ring is 1. The lowest BCUT2D eigenvalue weighted by molar-refractivity contribution is -0.111. The van der Waals surface area contributed by atoms with E-state index in [1.54, 1.807) is 24.4 Å². The average Bonchev–Trinajstić information content (AvgIpc) is 2.57. The van der Waals surface area contributed by atoms with Crippen molar-refractivity contribution >= 4 is 57.5 Å². The van der Waals surface area contributed by atoms with E-state index in [9.17, 15) is 4.79 Å². The number of halogens is 2. The van der Waals surface area contributed by atoms with Gasteiger partial charge in [-0.1, -0.05) is 47.5 Å². The van der Waals surface area contributed by atoms with Gasteiger partial charge in [0.25, 0.3) is 0 Å². The maximum absolute atomic E-state index is 12.1. The van der Waals surface area contributed by atoms with Crippen molar-refractivity contribution in [2.75, 3.05) is 11.1 Å². The molecule has 0 spiro atoms. The first-order chi connectivity index (χ1) is 11.5. The van der Waals surface area contributed by atoms with Crippen molar-refractivity contribution < 1.29 is 4.79 Å². The normalized spacial score (nSPS) is 11.1. The molecular weight excluding hydrogens is 345 g/mol. The molecule has 0 radical (unpaired) electrons. The van der Waals surface area contributed by atoms with Gasteiger partial charge in [0.1, 0.15) is 0 Å². The van der Waals surface area contributed by atoms with Crippen LogP contribution in [0.1, 0.15) is 5.56 Å². The number of anilines is 2. The molecular formula is C18H13Cl2N3O. The maximum atomic E-state index is 12.1. The van der Waals surface area contributed by atoms with Crippen LogP contribution in [0.2, 0.25) is 10.0 Å². The third kappa shape index (κ3) is 3.50. The second-order valence-electron chi connectivity index (χ2n) is 5.10. The van der Waals surface area contributed by atoms with Crippen LogP contribution in [-0.2, 0) is 4.79 Å². The number of carbonyl (C=O) groups excluding carboxylic acids is 1. The van der Waals surface area contributed by atoms with Crippen LogP contribution < -0.4 is 11.1 Å². The number of nitrogens with one attached hydrogen (secondary N) is 1. The monoisotopic (exact) mass is 357 g/mol. The Bertz CT molecular complexity index is 926. The topological polar surface area (TPSA) is 68.0 Å². The van der Waals surface area contributed by atoms with Crippen molar-refractivity contribution in [3.63, 3.8) is 0 Å². The second-order valence-corrected chi connectivity index (χ2v) is 5.91. The largest absolute Gasteiger partial charge is 0.396 e. The molecule has 2 aromatic carbocycles. The van der Waals surface area contributed by atoms with E-state index >= 15 is 0 Å². The number of amides is 1. The predicted octanol–water partition coefficient (Wildman–Crippen LogP) is 4.78. The Balaban J connectivity index is 1.80. The Morgan fingerprint density at radius 1 is 1.12 bits per heavy atom. The third-order valence-corrected chi connectivity index (χ3v) is 4.05. The van der Waals surface area contributed by atoms with Gasteiger partial charge in [0.15, 0.2) is 0 Å². The van der Waals surface area contributed by atoms with E-state index in [2.05, 4.69) is 10.3 Å². The first kappa shape index (κ1) is 16.3. The number of rotatable bonds is 3. The van der Waals surface area contributed by atoms with Crippen LogP contribution in [0.15, 0.2) is 54.7 Å². The van der Waals surface area contributed by atoms with Crippen LogP contribution in [0.5, 0.6) is 0 Å². The molecule has 1 amide bonds. The molecule has 0 aliphatic heterocycles. The summed E-state index contributed by atoms with van der Waals surface area (Å²) in [5, 5.41) is 4.29. The molecule has 0 fully saturated rings. The molecule has 6 heteroatoms. The minimum absolute atomic E-state index is 0.286. The summed E-state index contributed by atoms with van der Waals surface area (Å²) in [6.45, 7) is 0. The second kappa shape index (κ2) is 6.91. The average molecular weight is 358 g/mol. The predicted molar refractivity (Wildman–Crippen MR) is 100 cm³/mol. The van der Waals surface area contributed by atoms with Crippen LogP contribution in [0.25, 0.3) is 17.0 Å². The van der Waals surface area contributed by atoms with Gasteiger partial charge in [-0.3, -0.25) is 9.78 Å². The Morgan fingerprint density at radius 2 is 1.83 bits per heavy atom. The van der Waals surface area contributed by atoms with E-state index in [0.717, 1.165) is 16.5 Å². The fourth-order valence-electron chi connectivity index (χ4n) is 2.27. The van der Waals surface area contributed by atoms with Crippen LogP contribution >= 0.6 is 23.2 Å². The molecule has 1 heterocycles. The van der Waals surface area contributed by atoms with Gasteiger partial charge in [0.05, 0.1) is 21.2 Å². The minimum atomic E-state index is -0.306. The van der Waals surface area contributed by atoms with Crippen LogP contribution in [0, 0.1) is 0 Å². The lowest BCUT2D eigenvalue weighted by Crippen LogP contribution is -2.08. The summed E-state index contributed by atoms with van der Waals surface area (Å²) < 4.78 is 0. The zero-order chi connectivity index (χ0) is 17.1. The highest BCUT2D eigenvalue weighted by Gasteiger charge is 2.06. The number of nitrogens with two attached hydrogens (primary N) is 1. The maximum Gasteiger partial charge on any atom is 0.248 e. The number of para-hydroxylation sites is 1. The molecule has 0 aliphatic carbocycles. The van der Waals surface area contributed by atoms with Gasteiger partial charge in [-0.05, 0) is 24.3 Å². The molecule has 0 saturated carbocycles. The summed E-state index contributed by atoms with van der Waals surface area (Å²) in [4.78, 5) is 16.4. The van der Waals surface area contributed by atoms with Crippen LogP contribution in [0.3, 0.4) is 0 Å². The molecule has 120 valence electrons. The molecule has 0 saturated heterocycles. The van der Waals surface area contributed by atoms with E-state index in [0.29, 0.717) is 15.7 Å². The zero-order valence-electron chi connectivity index (χ0n) is 12.5.